The van der Waals surface area contributed by atoms with Gasteiger partial charge in [0, 0.05) is 13.0 Å². The van der Waals surface area contributed by atoms with E-state index in [-0.39, 0.29) is 6.10 Å². The minimum absolute atomic E-state index is 0.0929. The van der Waals surface area contributed by atoms with Crippen LogP contribution in [0, 0.1) is 0 Å². The third-order valence-electron chi connectivity index (χ3n) is 3.64. The van der Waals surface area contributed by atoms with Crippen LogP contribution in [0.15, 0.2) is 27.8 Å². The zero-order chi connectivity index (χ0) is 14.1. The van der Waals surface area contributed by atoms with E-state index in [1.807, 2.05) is 0 Å². The van der Waals surface area contributed by atoms with Crippen LogP contribution >= 0.6 is 0 Å². The normalized spacial score (nSPS) is 20.4. The average molecular weight is 276 g/mol. The van der Waals surface area contributed by atoms with Crippen molar-refractivity contribution in [2.75, 3.05) is 6.61 Å². The Morgan fingerprint density at radius 1 is 1.25 bits per heavy atom. The van der Waals surface area contributed by atoms with E-state index < -0.39 is 17.2 Å². The first-order chi connectivity index (χ1) is 9.63. The Morgan fingerprint density at radius 3 is 2.70 bits per heavy atom. The molecule has 2 unspecified atom stereocenters. The van der Waals surface area contributed by atoms with Gasteiger partial charge in [-0.3, -0.25) is 9.59 Å². The van der Waals surface area contributed by atoms with Crippen molar-refractivity contribution in [1.29, 1.82) is 0 Å². The molecule has 6 heteroatoms. The Morgan fingerprint density at radius 2 is 2.00 bits per heavy atom. The number of H-pyrrole nitrogens is 2. The van der Waals surface area contributed by atoms with Gasteiger partial charge in [-0.25, -0.2) is 0 Å². The summed E-state index contributed by atoms with van der Waals surface area (Å²) in [6.45, 7) is 0.754. The van der Waals surface area contributed by atoms with Crippen LogP contribution in [0.25, 0.3) is 11.0 Å². The summed E-state index contributed by atoms with van der Waals surface area (Å²) in [7, 11) is 0. The van der Waals surface area contributed by atoms with Gasteiger partial charge < -0.3 is 19.8 Å². The predicted molar refractivity (Wildman–Crippen MR) is 73.7 cm³/mol. The molecule has 0 amide bonds. The first-order valence-electron chi connectivity index (χ1n) is 6.69. The Kier molecular flexibility index (Phi) is 3.42. The molecule has 2 heterocycles. The number of benzene rings is 1. The van der Waals surface area contributed by atoms with Crippen LogP contribution < -0.4 is 11.1 Å². The maximum atomic E-state index is 11.3. The second kappa shape index (κ2) is 5.22. The molecule has 1 saturated heterocycles. The van der Waals surface area contributed by atoms with Gasteiger partial charge in [0.15, 0.2) is 0 Å². The van der Waals surface area contributed by atoms with Gasteiger partial charge in [-0.05, 0) is 30.5 Å². The molecule has 3 N–H and O–H groups in total. The fourth-order valence-corrected chi connectivity index (χ4v) is 2.56. The zero-order valence-electron chi connectivity index (χ0n) is 10.9. The van der Waals surface area contributed by atoms with E-state index in [1.54, 1.807) is 18.2 Å². The number of hydrogen-bond donors (Lipinski definition) is 3. The Balaban J connectivity index is 1.89. The molecule has 0 spiro atoms. The third kappa shape index (κ3) is 2.52. The molecular weight excluding hydrogens is 260 g/mol. The quantitative estimate of drug-likeness (QED) is 0.723. The summed E-state index contributed by atoms with van der Waals surface area (Å²) in [6.07, 6.45) is 1.99. The smallest absolute Gasteiger partial charge is 0.314 e. The van der Waals surface area contributed by atoms with E-state index in [0.29, 0.717) is 23.0 Å². The number of aliphatic hydroxyl groups excluding tert-OH is 1. The average Bonchev–Trinajstić information content (AvgIpc) is 2.92. The summed E-state index contributed by atoms with van der Waals surface area (Å²) in [5, 5.41) is 10.2. The summed E-state index contributed by atoms with van der Waals surface area (Å²) in [5.41, 5.74) is 0.394. The van der Waals surface area contributed by atoms with Gasteiger partial charge in [-0.2, -0.15) is 0 Å². The molecule has 1 aromatic heterocycles. The molecule has 106 valence electrons. The van der Waals surface area contributed by atoms with Gasteiger partial charge in [-0.1, -0.05) is 6.07 Å². The topological polar surface area (TPSA) is 95.2 Å². The highest BCUT2D eigenvalue weighted by Crippen LogP contribution is 2.26. The number of fused-ring (bicyclic) bond motifs is 1. The Labute approximate surface area is 114 Å². The monoisotopic (exact) mass is 276 g/mol. The highest BCUT2D eigenvalue weighted by Gasteiger charge is 2.20. The van der Waals surface area contributed by atoms with Crippen LogP contribution in [0.2, 0.25) is 0 Å². The van der Waals surface area contributed by atoms with Gasteiger partial charge in [-0.15, -0.1) is 0 Å². The molecule has 6 nitrogen and oxygen atoms in total. The number of ether oxygens (including phenoxy) is 1. The van der Waals surface area contributed by atoms with Crippen LogP contribution in [-0.2, 0) is 4.74 Å². The Hall–Kier alpha value is -1.92. The van der Waals surface area contributed by atoms with Crippen LogP contribution in [0.5, 0.6) is 0 Å². The molecule has 0 bridgehead atoms. The summed E-state index contributed by atoms with van der Waals surface area (Å²) in [5.74, 6) is 0. The molecule has 0 aliphatic carbocycles. The Bertz CT molecular complexity index is 728. The van der Waals surface area contributed by atoms with Crippen molar-refractivity contribution in [1.82, 2.24) is 9.97 Å². The van der Waals surface area contributed by atoms with Gasteiger partial charge in [0.25, 0.3) is 0 Å². The van der Waals surface area contributed by atoms with Crippen molar-refractivity contribution in [2.24, 2.45) is 0 Å². The summed E-state index contributed by atoms with van der Waals surface area (Å²) in [6, 6.07) is 5.11. The molecule has 1 aliphatic rings. The molecule has 2 aromatic rings. The van der Waals surface area contributed by atoms with Gasteiger partial charge in [0.1, 0.15) is 0 Å². The predicted octanol–water partition coefficient (Wildman–Crippen LogP) is 0.819. The van der Waals surface area contributed by atoms with Crippen molar-refractivity contribution in [3.63, 3.8) is 0 Å². The fourth-order valence-electron chi connectivity index (χ4n) is 2.56. The number of hydrogen-bond acceptors (Lipinski definition) is 4. The zero-order valence-corrected chi connectivity index (χ0v) is 10.9. The lowest BCUT2D eigenvalue weighted by molar-refractivity contribution is 0.0535. The second-order valence-electron chi connectivity index (χ2n) is 5.10. The second-order valence-corrected chi connectivity index (χ2v) is 5.10. The van der Waals surface area contributed by atoms with Crippen LogP contribution in [0.4, 0.5) is 0 Å². The van der Waals surface area contributed by atoms with Crippen molar-refractivity contribution < 1.29 is 9.84 Å². The fraction of sp³-hybridized carbons (Fsp3) is 0.429. The molecule has 0 saturated carbocycles. The number of nitrogens with one attached hydrogen (secondary N) is 2. The van der Waals surface area contributed by atoms with Gasteiger partial charge in [0.05, 0.1) is 23.2 Å². The van der Waals surface area contributed by atoms with E-state index in [2.05, 4.69) is 9.97 Å². The molecule has 0 radical (unpaired) electrons. The SMILES string of the molecule is O=c1[nH]c2ccc(C(O)CC3CCCO3)cc2[nH]c1=O. The van der Waals surface area contributed by atoms with Gasteiger partial charge >= 0.3 is 11.1 Å². The maximum Gasteiger partial charge on any atom is 0.314 e. The number of aromatic amines is 2. The lowest BCUT2D eigenvalue weighted by Gasteiger charge is -2.15. The molecular formula is C14H16N2O4. The summed E-state index contributed by atoms with van der Waals surface area (Å²) in [4.78, 5) is 27.5. The maximum absolute atomic E-state index is 11.3. The lowest BCUT2D eigenvalue weighted by Crippen LogP contribution is -2.28. The van der Waals surface area contributed by atoms with E-state index >= 15 is 0 Å². The molecule has 1 aliphatic heterocycles. The summed E-state index contributed by atoms with van der Waals surface area (Å²) >= 11 is 0. The van der Waals surface area contributed by atoms with E-state index in [1.165, 1.54) is 0 Å². The van der Waals surface area contributed by atoms with Gasteiger partial charge in [0.2, 0.25) is 0 Å². The highest BCUT2D eigenvalue weighted by atomic mass is 16.5. The summed E-state index contributed by atoms with van der Waals surface area (Å²) < 4.78 is 5.50. The van der Waals surface area contributed by atoms with Crippen LogP contribution in [-0.4, -0.2) is 27.8 Å². The molecule has 1 fully saturated rings. The van der Waals surface area contributed by atoms with Crippen molar-refractivity contribution in [2.45, 2.75) is 31.5 Å². The molecule has 2 atom stereocenters. The number of aliphatic hydroxyl groups is 1. The first kappa shape index (κ1) is 13.1. The third-order valence-corrected chi connectivity index (χ3v) is 3.64. The highest BCUT2D eigenvalue weighted by molar-refractivity contribution is 5.74. The molecule has 3 rings (SSSR count). The minimum Gasteiger partial charge on any atom is -0.388 e. The van der Waals surface area contributed by atoms with Crippen molar-refractivity contribution >= 4 is 11.0 Å². The number of aromatic nitrogens is 2. The van der Waals surface area contributed by atoms with Crippen LogP contribution in [0.3, 0.4) is 0 Å². The van der Waals surface area contributed by atoms with Crippen molar-refractivity contribution in [3.05, 3.63) is 44.5 Å². The molecule has 20 heavy (non-hydrogen) atoms. The first-order valence-corrected chi connectivity index (χ1v) is 6.69. The van der Waals surface area contributed by atoms with E-state index in [9.17, 15) is 14.7 Å². The minimum atomic E-state index is -0.691. The van der Waals surface area contributed by atoms with E-state index in [0.717, 1.165) is 19.4 Å². The standard InChI is InChI=1S/C14H16N2O4/c17-12(7-9-2-1-5-20-9)8-3-4-10-11(6-8)16-14(19)13(18)15-10/h3-4,6,9,12,17H,1-2,5,7H2,(H,15,18)(H,16,19). The lowest BCUT2D eigenvalue weighted by atomic mass is 10.0. The van der Waals surface area contributed by atoms with Crippen LogP contribution in [0.1, 0.15) is 30.9 Å². The number of rotatable bonds is 3. The largest absolute Gasteiger partial charge is 0.388 e. The van der Waals surface area contributed by atoms with Crippen molar-refractivity contribution in [3.8, 4) is 0 Å². The van der Waals surface area contributed by atoms with E-state index in [4.69, 9.17) is 4.74 Å². The molecule has 1 aromatic carbocycles.